The molecule has 0 aliphatic carbocycles. The molecule has 0 aliphatic heterocycles. The summed E-state index contributed by atoms with van der Waals surface area (Å²) in [6.07, 6.45) is 0. The quantitative estimate of drug-likeness (QED) is 0.646. The van der Waals surface area contributed by atoms with Crippen molar-refractivity contribution in [2.75, 3.05) is 0 Å². The average Bonchev–Trinajstić information content (AvgIpc) is 2.08. The van der Waals surface area contributed by atoms with Gasteiger partial charge in [0.25, 0.3) is 0 Å². The van der Waals surface area contributed by atoms with Gasteiger partial charge < -0.3 is 0 Å². The van der Waals surface area contributed by atoms with Crippen molar-refractivity contribution in [2.24, 2.45) is 0 Å². The monoisotopic (exact) mass is 211 g/mol. The van der Waals surface area contributed by atoms with E-state index in [0.717, 1.165) is 4.47 Å². The molecular weight excluding hydrogens is 202 g/mol. The molecule has 0 spiro atoms. The average molecular weight is 212 g/mol. The van der Waals surface area contributed by atoms with Crippen molar-refractivity contribution in [1.82, 2.24) is 0 Å². The molecule has 0 N–H and O–H groups in total. The minimum atomic E-state index is 0.685. The highest BCUT2D eigenvalue weighted by Gasteiger charge is 1.87. The van der Waals surface area contributed by atoms with Crippen molar-refractivity contribution in [3.8, 4) is 6.07 Å². The van der Waals surface area contributed by atoms with Crippen LogP contribution in [0.4, 0.5) is 0 Å². The number of rotatable bonds is 0. The molecular formula is C9H10BrN. The summed E-state index contributed by atoms with van der Waals surface area (Å²) in [6.45, 7) is 4.00. The Balaban J connectivity index is 0.000000461. The minimum absolute atomic E-state index is 0.685. The van der Waals surface area contributed by atoms with Crippen molar-refractivity contribution in [3.05, 3.63) is 34.3 Å². The molecule has 0 aromatic heterocycles. The van der Waals surface area contributed by atoms with Gasteiger partial charge in [0.05, 0.1) is 11.6 Å². The van der Waals surface area contributed by atoms with Crippen molar-refractivity contribution >= 4 is 15.9 Å². The second-order valence-electron chi connectivity index (χ2n) is 1.62. The van der Waals surface area contributed by atoms with Crippen LogP contribution in [0.15, 0.2) is 28.7 Å². The molecule has 1 aromatic rings. The molecule has 0 fully saturated rings. The third-order valence-corrected chi connectivity index (χ3v) is 1.45. The van der Waals surface area contributed by atoms with Gasteiger partial charge in [-0.15, -0.1) is 0 Å². The standard InChI is InChI=1S/C7H4BrN.C2H6/c8-7-3-1-2-6(4-7)5-9;1-2/h1-4H;1-2H3. The van der Waals surface area contributed by atoms with Crippen LogP contribution in [0.1, 0.15) is 19.4 Å². The Bertz CT molecular complexity index is 250. The van der Waals surface area contributed by atoms with Crippen LogP contribution >= 0.6 is 15.9 Å². The first-order valence-electron chi connectivity index (χ1n) is 3.48. The van der Waals surface area contributed by atoms with Gasteiger partial charge in [0, 0.05) is 4.47 Å². The fourth-order valence-electron chi connectivity index (χ4n) is 0.558. The molecule has 0 heterocycles. The lowest BCUT2D eigenvalue weighted by Crippen LogP contribution is -1.70. The Hall–Kier alpha value is -0.810. The number of benzene rings is 1. The van der Waals surface area contributed by atoms with E-state index in [0.29, 0.717) is 5.56 Å². The number of nitriles is 1. The summed E-state index contributed by atoms with van der Waals surface area (Å²) in [5, 5.41) is 8.39. The maximum atomic E-state index is 8.39. The number of halogens is 1. The van der Waals surface area contributed by atoms with E-state index < -0.39 is 0 Å². The SMILES string of the molecule is CC.N#Cc1cccc(Br)c1. The van der Waals surface area contributed by atoms with E-state index >= 15 is 0 Å². The first-order valence-corrected chi connectivity index (χ1v) is 4.28. The van der Waals surface area contributed by atoms with E-state index in [4.69, 9.17) is 5.26 Å². The van der Waals surface area contributed by atoms with Crippen LogP contribution in [0.3, 0.4) is 0 Å². The maximum absolute atomic E-state index is 8.39. The van der Waals surface area contributed by atoms with Crippen molar-refractivity contribution in [1.29, 1.82) is 5.26 Å². The van der Waals surface area contributed by atoms with Crippen LogP contribution in [0, 0.1) is 11.3 Å². The molecule has 1 aromatic carbocycles. The van der Waals surface area contributed by atoms with Crippen LogP contribution in [0.2, 0.25) is 0 Å². The summed E-state index contributed by atoms with van der Waals surface area (Å²) in [7, 11) is 0. The first kappa shape index (κ1) is 10.2. The van der Waals surface area contributed by atoms with Crippen LogP contribution in [0.5, 0.6) is 0 Å². The molecule has 0 saturated heterocycles. The zero-order chi connectivity index (χ0) is 8.69. The zero-order valence-corrected chi connectivity index (χ0v) is 8.22. The molecule has 0 amide bonds. The lowest BCUT2D eigenvalue weighted by atomic mass is 10.2. The van der Waals surface area contributed by atoms with Gasteiger partial charge in [-0.1, -0.05) is 35.8 Å². The summed E-state index contributed by atoms with van der Waals surface area (Å²) in [6, 6.07) is 9.31. The molecule has 58 valence electrons. The zero-order valence-electron chi connectivity index (χ0n) is 6.63. The Morgan fingerprint density at radius 3 is 2.36 bits per heavy atom. The maximum Gasteiger partial charge on any atom is 0.0992 e. The predicted molar refractivity (Wildman–Crippen MR) is 50.2 cm³/mol. The van der Waals surface area contributed by atoms with Gasteiger partial charge in [-0.25, -0.2) is 0 Å². The van der Waals surface area contributed by atoms with Gasteiger partial charge in [-0.2, -0.15) is 5.26 Å². The molecule has 1 nitrogen and oxygen atoms in total. The molecule has 2 heteroatoms. The van der Waals surface area contributed by atoms with Gasteiger partial charge in [0.1, 0.15) is 0 Å². The van der Waals surface area contributed by atoms with Gasteiger partial charge in [0.15, 0.2) is 0 Å². The van der Waals surface area contributed by atoms with Crippen LogP contribution in [-0.2, 0) is 0 Å². The first-order chi connectivity index (χ1) is 5.33. The van der Waals surface area contributed by atoms with Crippen LogP contribution < -0.4 is 0 Å². The molecule has 0 atom stereocenters. The van der Waals surface area contributed by atoms with E-state index in [1.165, 1.54) is 0 Å². The normalized spacial score (nSPS) is 7.45. The Morgan fingerprint density at radius 2 is 2.00 bits per heavy atom. The van der Waals surface area contributed by atoms with E-state index in [-0.39, 0.29) is 0 Å². The molecule has 0 saturated carbocycles. The van der Waals surface area contributed by atoms with E-state index in [9.17, 15) is 0 Å². The fourth-order valence-corrected chi connectivity index (χ4v) is 0.957. The summed E-state index contributed by atoms with van der Waals surface area (Å²) in [5.74, 6) is 0. The van der Waals surface area contributed by atoms with E-state index in [2.05, 4.69) is 15.9 Å². The number of hydrogen-bond acceptors (Lipinski definition) is 1. The van der Waals surface area contributed by atoms with E-state index in [1.807, 2.05) is 32.0 Å². The van der Waals surface area contributed by atoms with Crippen molar-refractivity contribution < 1.29 is 0 Å². The Labute approximate surface area is 75.8 Å². The number of nitrogens with zero attached hydrogens (tertiary/aromatic N) is 1. The van der Waals surface area contributed by atoms with Gasteiger partial charge in [0.2, 0.25) is 0 Å². The third kappa shape index (κ3) is 3.79. The molecule has 0 unspecified atom stereocenters. The molecule has 0 aliphatic rings. The molecule has 0 radical (unpaired) electrons. The second kappa shape index (κ2) is 5.94. The highest BCUT2D eigenvalue weighted by Crippen LogP contribution is 2.09. The van der Waals surface area contributed by atoms with Crippen molar-refractivity contribution in [2.45, 2.75) is 13.8 Å². The van der Waals surface area contributed by atoms with Gasteiger partial charge in [-0.05, 0) is 18.2 Å². The second-order valence-corrected chi connectivity index (χ2v) is 2.54. The lowest BCUT2D eigenvalue weighted by Gasteiger charge is -1.86. The molecule has 0 bridgehead atoms. The third-order valence-electron chi connectivity index (χ3n) is 0.954. The Morgan fingerprint density at radius 1 is 1.36 bits per heavy atom. The lowest BCUT2D eigenvalue weighted by molar-refractivity contribution is 1.48. The highest BCUT2D eigenvalue weighted by atomic mass is 79.9. The minimum Gasteiger partial charge on any atom is -0.192 e. The predicted octanol–water partition coefficient (Wildman–Crippen LogP) is 3.35. The Kier molecular flexibility index (Phi) is 5.50. The topological polar surface area (TPSA) is 23.8 Å². The van der Waals surface area contributed by atoms with Crippen molar-refractivity contribution in [3.63, 3.8) is 0 Å². The van der Waals surface area contributed by atoms with Crippen LogP contribution in [0.25, 0.3) is 0 Å². The highest BCUT2D eigenvalue weighted by molar-refractivity contribution is 9.10. The van der Waals surface area contributed by atoms with E-state index in [1.54, 1.807) is 12.1 Å². The largest absolute Gasteiger partial charge is 0.192 e. The van der Waals surface area contributed by atoms with Crippen LogP contribution in [-0.4, -0.2) is 0 Å². The van der Waals surface area contributed by atoms with Gasteiger partial charge >= 0.3 is 0 Å². The smallest absolute Gasteiger partial charge is 0.0992 e. The number of hydrogen-bond donors (Lipinski definition) is 0. The fraction of sp³-hybridized carbons (Fsp3) is 0.222. The summed E-state index contributed by atoms with van der Waals surface area (Å²) in [5.41, 5.74) is 0.685. The molecule has 1 rings (SSSR count). The molecule has 11 heavy (non-hydrogen) atoms. The summed E-state index contributed by atoms with van der Waals surface area (Å²) < 4.78 is 0.946. The summed E-state index contributed by atoms with van der Waals surface area (Å²) >= 11 is 3.25. The summed E-state index contributed by atoms with van der Waals surface area (Å²) in [4.78, 5) is 0. The van der Waals surface area contributed by atoms with Gasteiger partial charge in [-0.3, -0.25) is 0 Å².